The number of aliphatic hydroxyl groups is 2. The highest BCUT2D eigenvalue weighted by atomic mass is 16.5. The second kappa shape index (κ2) is 29.6. The Labute approximate surface area is 607 Å². The van der Waals surface area contributed by atoms with Crippen molar-refractivity contribution in [2.45, 2.75) is 63.8 Å². The summed E-state index contributed by atoms with van der Waals surface area (Å²) in [5, 5.41) is 31.7. The molecule has 0 bridgehead atoms. The lowest BCUT2D eigenvalue weighted by atomic mass is 9.72. The lowest BCUT2D eigenvalue weighted by Crippen LogP contribution is -2.48. The standard InChI is InChI=1S/C98H86NO4/c1-5-7-53-99(54-8-6-2)67-89-91(97(100,85-59-77(69-33-17-9-18-34-69)55-78(60-85)70-35-19-10-20-36-70)86-61-79(71-37-21-11-22-38-71)56-80(62-86)72-39-23-12-24-40-72)49-51-93(102-3)95(89)96-90(68-99)92(50-52-94(96)103-4)98(101,87-63-81(73-41-25-13-26-42-73)57-82(64-87)74-43-27-14-28-44-74)88-65-83(75-45-29-15-30-46-75)58-84(66-88)76-47-31-16-32-48-76/h9-52,55-66,100-101H,5-8,53-54,67-68H2,1-4H3/q+1. The maximum Gasteiger partial charge on any atom is 0.141 e. The molecule has 2 N–H and O–H groups in total. The molecule has 0 fully saturated rings. The molecule has 14 aromatic carbocycles. The molecule has 0 saturated carbocycles. The van der Waals surface area contributed by atoms with Crippen LogP contribution in [0.4, 0.5) is 0 Å². The second-order valence-electron chi connectivity index (χ2n) is 27.7. The number of nitrogens with zero attached hydrogens (tertiary/aromatic N) is 1. The third-order valence-corrected chi connectivity index (χ3v) is 21.2. The van der Waals surface area contributed by atoms with Gasteiger partial charge in [0.25, 0.3) is 0 Å². The fourth-order valence-corrected chi connectivity index (χ4v) is 16.0. The molecule has 0 unspecified atom stereocenters. The quantitative estimate of drug-likeness (QED) is 0.0524. The number of unbranched alkanes of at least 4 members (excludes halogenated alkanes) is 2. The monoisotopic (exact) mass is 1340 g/mol. The Kier molecular flexibility index (Phi) is 19.4. The summed E-state index contributed by atoms with van der Waals surface area (Å²) in [7, 11) is 3.53. The average Bonchev–Trinajstić information content (AvgIpc) is 1.63. The molecule has 506 valence electrons. The Morgan fingerprint density at radius 3 is 0.660 bits per heavy atom. The predicted octanol–water partition coefficient (Wildman–Crippen LogP) is 23.7. The molecule has 0 atom stereocenters. The summed E-state index contributed by atoms with van der Waals surface area (Å²) in [5.41, 5.74) is 20.1. The van der Waals surface area contributed by atoms with E-state index in [0.717, 1.165) is 161 Å². The first-order valence-corrected chi connectivity index (χ1v) is 36.3. The largest absolute Gasteiger partial charge is 0.496 e. The van der Waals surface area contributed by atoms with Crippen LogP contribution in [0.3, 0.4) is 0 Å². The average molecular weight is 1340 g/mol. The first-order valence-electron chi connectivity index (χ1n) is 36.3. The van der Waals surface area contributed by atoms with E-state index in [0.29, 0.717) is 51.3 Å². The molecule has 0 aliphatic carbocycles. The van der Waals surface area contributed by atoms with Gasteiger partial charge in [-0.2, -0.15) is 0 Å². The van der Waals surface area contributed by atoms with Gasteiger partial charge in [0, 0.05) is 33.4 Å². The number of ether oxygens (including phenoxy) is 2. The SMILES string of the molecule is CCCC[N+]1(CCCC)Cc2c(C(O)(c3cc(-c4ccccc4)cc(-c4ccccc4)c3)c3cc(-c4ccccc4)cc(-c4ccccc4)c3)ccc(OC)c2-c2c(OC)ccc(C(O)(c3cc(-c4ccccc4)cc(-c4ccccc4)c3)c3cc(-c4ccccc4)cc(-c4ccccc4)c3)c2C1. The summed E-state index contributed by atoms with van der Waals surface area (Å²) < 4.78 is 14.4. The van der Waals surface area contributed by atoms with Crippen LogP contribution in [0.25, 0.3) is 100 Å². The van der Waals surface area contributed by atoms with E-state index in [1.807, 2.05) is 0 Å². The molecule has 0 radical (unpaired) electrons. The van der Waals surface area contributed by atoms with Crippen molar-refractivity contribution in [2.24, 2.45) is 0 Å². The summed E-state index contributed by atoms with van der Waals surface area (Å²) >= 11 is 0. The smallest absolute Gasteiger partial charge is 0.141 e. The van der Waals surface area contributed by atoms with Gasteiger partial charge in [-0.25, -0.2) is 0 Å². The summed E-state index contributed by atoms with van der Waals surface area (Å²) in [6.07, 6.45) is 3.78. The van der Waals surface area contributed by atoms with Crippen LogP contribution in [0.1, 0.15) is 84.0 Å². The molecule has 15 rings (SSSR count). The molecule has 0 amide bonds. The minimum absolute atomic E-state index is 0.511. The Bertz CT molecular complexity index is 4440. The maximum absolute atomic E-state index is 15.9. The van der Waals surface area contributed by atoms with Crippen LogP contribution >= 0.6 is 0 Å². The van der Waals surface area contributed by atoms with Gasteiger partial charge in [0.15, 0.2) is 0 Å². The highest BCUT2D eigenvalue weighted by molar-refractivity contribution is 5.88. The molecule has 1 heterocycles. The topological polar surface area (TPSA) is 58.9 Å². The fraction of sp³-hybridized carbons (Fsp3) is 0.143. The maximum atomic E-state index is 15.9. The zero-order chi connectivity index (χ0) is 70.3. The first-order chi connectivity index (χ1) is 50.6. The summed E-state index contributed by atoms with van der Waals surface area (Å²) in [6.45, 7) is 7.23. The number of quaternary nitrogens is 1. The van der Waals surface area contributed by atoms with Gasteiger partial charge in [-0.05, 0) is 209 Å². The van der Waals surface area contributed by atoms with Crippen molar-refractivity contribution in [3.05, 3.63) is 384 Å². The van der Waals surface area contributed by atoms with Gasteiger partial charge in [-0.1, -0.05) is 281 Å². The lowest BCUT2D eigenvalue weighted by Gasteiger charge is -2.41. The molecular weight excluding hydrogens is 1260 g/mol. The van der Waals surface area contributed by atoms with Gasteiger partial charge in [-0.3, -0.25) is 0 Å². The second-order valence-corrected chi connectivity index (χ2v) is 27.7. The fourth-order valence-electron chi connectivity index (χ4n) is 16.0. The minimum Gasteiger partial charge on any atom is -0.496 e. The van der Waals surface area contributed by atoms with Crippen LogP contribution in [0.5, 0.6) is 11.5 Å². The van der Waals surface area contributed by atoms with Crippen LogP contribution in [-0.4, -0.2) is 42.0 Å². The van der Waals surface area contributed by atoms with E-state index < -0.39 is 11.2 Å². The minimum atomic E-state index is -1.88. The van der Waals surface area contributed by atoms with Gasteiger partial charge < -0.3 is 24.2 Å². The molecule has 1 aliphatic rings. The number of methoxy groups -OCH3 is 2. The van der Waals surface area contributed by atoms with Crippen molar-refractivity contribution in [2.75, 3.05) is 27.3 Å². The Balaban J connectivity index is 1.10. The van der Waals surface area contributed by atoms with Gasteiger partial charge >= 0.3 is 0 Å². The number of rotatable bonds is 22. The molecule has 5 heteroatoms. The third kappa shape index (κ3) is 13.4. The zero-order valence-electron chi connectivity index (χ0n) is 59.1. The van der Waals surface area contributed by atoms with Crippen LogP contribution in [-0.2, 0) is 24.3 Å². The van der Waals surface area contributed by atoms with Crippen LogP contribution < -0.4 is 9.47 Å². The van der Waals surface area contributed by atoms with Crippen molar-refractivity contribution in [1.29, 1.82) is 0 Å². The predicted molar refractivity (Wildman–Crippen MR) is 426 cm³/mol. The molecule has 1 aliphatic heterocycles. The van der Waals surface area contributed by atoms with Crippen LogP contribution in [0, 0.1) is 0 Å². The summed E-state index contributed by atoms with van der Waals surface area (Å²) in [5.74, 6) is 1.27. The zero-order valence-corrected chi connectivity index (χ0v) is 59.1. The molecule has 5 nitrogen and oxygen atoms in total. The van der Waals surface area contributed by atoms with E-state index >= 15 is 10.2 Å². The van der Waals surface area contributed by atoms with Crippen molar-refractivity contribution >= 4 is 0 Å². The third-order valence-electron chi connectivity index (χ3n) is 21.2. The van der Waals surface area contributed by atoms with Gasteiger partial charge in [0.05, 0.1) is 27.3 Å². The first kappa shape index (κ1) is 67.4. The summed E-state index contributed by atoms with van der Waals surface area (Å²) in [4.78, 5) is 0. The number of hydrogen-bond donors (Lipinski definition) is 2. The highest BCUT2D eigenvalue weighted by Gasteiger charge is 2.47. The van der Waals surface area contributed by atoms with E-state index in [2.05, 4.69) is 354 Å². The summed E-state index contributed by atoms with van der Waals surface area (Å²) in [6, 6.07) is 120. The van der Waals surface area contributed by atoms with Gasteiger partial charge in [-0.15, -0.1) is 0 Å². The van der Waals surface area contributed by atoms with E-state index in [9.17, 15) is 0 Å². The molecule has 0 aromatic heterocycles. The van der Waals surface area contributed by atoms with Crippen LogP contribution in [0.2, 0.25) is 0 Å². The van der Waals surface area contributed by atoms with Crippen molar-refractivity contribution in [3.8, 4) is 112 Å². The molecule has 14 aromatic rings. The Morgan fingerprint density at radius 1 is 0.272 bits per heavy atom. The van der Waals surface area contributed by atoms with Crippen molar-refractivity contribution in [3.63, 3.8) is 0 Å². The number of fused-ring (bicyclic) bond motifs is 3. The molecule has 103 heavy (non-hydrogen) atoms. The van der Waals surface area contributed by atoms with Gasteiger partial charge in [0.1, 0.15) is 35.8 Å². The van der Waals surface area contributed by atoms with Crippen molar-refractivity contribution < 1.29 is 24.2 Å². The molecule has 0 saturated heterocycles. The van der Waals surface area contributed by atoms with E-state index in [-0.39, 0.29) is 0 Å². The normalized spacial score (nSPS) is 12.6. The molecular formula is C98H86NO4+. The van der Waals surface area contributed by atoms with Crippen molar-refractivity contribution in [1.82, 2.24) is 0 Å². The van der Waals surface area contributed by atoms with E-state index in [1.165, 1.54) is 0 Å². The van der Waals surface area contributed by atoms with E-state index in [1.54, 1.807) is 14.2 Å². The van der Waals surface area contributed by atoms with Gasteiger partial charge in [0.2, 0.25) is 0 Å². The Morgan fingerprint density at radius 2 is 0.476 bits per heavy atom. The lowest BCUT2D eigenvalue weighted by molar-refractivity contribution is -0.953. The van der Waals surface area contributed by atoms with E-state index in [4.69, 9.17) is 9.47 Å². The Hall–Kier alpha value is -11.4. The van der Waals surface area contributed by atoms with Crippen LogP contribution in [0.15, 0.2) is 340 Å². The molecule has 0 spiro atoms. The highest BCUT2D eigenvalue weighted by Crippen LogP contribution is 2.56. The number of benzene rings is 14. The number of hydrogen-bond acceptors (Lipinski definition) is 4.